The van der Waals surface area contributed by atoms with Gasteiger partial charge in [-0.1, -0.05) is 54.4 Å². The van der Waals surface area contributed by atoms with Crippen LogP contribution < -0.4 is 0 Å². The summed E-state index contributed by atoms with van der Waals surface area (Å²) in [5.41, 5.74) is 0.379. The number of hydrogen-bond donors (Lipinski definition) is 1. The molecule has 0 spiro atoms. The van der Waals surface area contributed by atoms with Gasteiger partial charge in [-0.2, -0.15) is 0 Å². The van der Waals surface area contributed by atoms with Crippen LogP contribution in [0.15, 0.2) is 0 Å². The van der Waals surface area contributed by atoms with E-state index < -0.39 is 20.4 Å². The summed E-state index contributed by atoms with van der Waals surface area (Å²) in [4.78, 5) is 23.2. The van der Waals surface area contributed by atoms with Crippen LogP contribution in [0, 0.1) is 58.2 Å². The zero-order valence-electron chi connectivity index (χ0n) is 29.7. The fourth-order valence-electron chi connectivity index (χ4n) is 10.9. The Morgan fingerprint density at radius 3 is 2.34 bits per heavy atom. The van der Waals surface area contributed by atoms with Crippen molar-refractivity contribution >= 4 is 13.8 Å². The summed E-state index contributed by atoms with van der Waals surface area (Å²) in [7, 11) is 1.62. The average Bonchev–Trinajstić information content (AvgIpc) is 3.29. The van der Waals surface area contributed by atoms with Crippen molar-refractivity contribution in [2.24, 2.45) is 58.2 Å². The van der Waals surface area contributed by atoms with Gasteiger partial charge in [0.05, 0.1) is 21.1 Å². The molecule has 4 aliphatic rings. The van der Waals surface area contributed by atoms with Gasteiger partial charge in [0, 0.05) is 5.41 Å². The van der Waals surface area contributed by atoms with Crippen LogP contribution in [-0.4, -0.2) is 62.4 Å². The van der Waals surface area contributed by atoms with Gasteiger partial charge in [0.15, 0.2) is 6.61 Å². The number of fused-ring (bicyclic) bond motifs is 5. The fourth-order valence-corrected chi connectivity index (χ4v) is 11.6. The second kappa shape index (κ2) is 14.3. The Morgan fingerprint density at radius 2 is 1.68 bits per heavy atom. The molecular weight excluding hydrogens is 573 g/mol. The highest BCUT2D eigenvalue weighted by Gasteiger charge is 2.62. The minimum atomic E-state index is -4.32. The second-order valence-corrected chi connectivity index (χ2v) is 18.7. The van der Waals surface area contributed by atoms with Gasteiger partial charge in [0.25, 0.3) is 0 Å². The minimum absolute atomic E-state index is 0.0441. The molecule has 44 heavy (non-hydrogen) atoms. The molecule has 0 heterocycles. The van der Waals surface area contributed by atoms with Crippen LogP contribution in [-0.2, 0) is 23.1 Å². The van der Waals surface area contributed by atoms with Crippen molar-refractivity contribution in [2.45, 2.75) is 125 Å². The summed E-state index contributed by atoms with van der Waals surface area (Å²) >= 11 is 0. The molecule has 1 N–H and O–H groups in total. The van der Waals surface area contributed by atoms with Crippen LogP contribution in [0.3, 0.4) is 0 Å². The first-order chi connectivity index (χ1) is 20.5. The number of rotatable bonds is 14. The maximum absolute atomic E-state index is 13.1. The Kier molecular flexibility index (Phi) is 11.9. The number of carbonyl (C=O) groups is 1. The lowest BCUT2D eigenvalue weighted by atomic mass is 9.44. The molecule has 4 aliphatic carbocycles. The number of hydrogen-bond acceptors (Lipinski definition) is 5. The summed E-state index contributed by atoms with van der Waals surface area (Å²) in [6, 6.07) is 0. The molecule has 0 aromatic carbocycles. The Labute approximate surface area is 269 Å². The van der Waals surface area contributed by atoms with E-state index in [9.17, 15) is 14.3 Å². The normalized spacial score (nSPS) is 38.2. The van der Waals surface area contributed by atoms with E-state index in [0.717, 1.165) is 42.4 Å². The first kappa shape index (κ1) is 36.4. The monoisotopic (exact) mass is 640 g/mol. The van der Waals surface area contributed by atoms with E-state index in [1.165, 1.54) is 64.2 Å². The SMILES string of the molecule is CC[C@H](CC[C@@H](C)[C@H]1CC[C@H]2[C@@H]3CCC4CCCC(OC(=O)COP(=O)(O)OCC[N+](C)(C)C)[C@]4(C)[C@H]3CC[C@]12C)C(C)C. The van der Waals surface area contributed by atoms with E-state index >= 15 is 0 Å². The van der Waals surface area contributed by atoms with E-state index in [1.54, 1.807) is 0 Å². The van der Waals surface area contributed by atoms with Gasteiger partial charge in [-0.15, -0.1) is 0 Å². The number of likely N-dealkylation sites (N-methyl/N-ethyl adjacent to an activating group) is 1. The number of esters is 1. The van der Waals surface area contributed by atoms with E-state index in [2.05, 4.69) is 41.5 Å². The van der Waals surface area contributed by atoms with E-state index in [4.69, 9.17) is 13.8 Å². The molecule has 0 bridgehead atoms. The Morgan fingerprint density at radius 1 is 0.955 bits per heavy atom. The minimum Gasteiger partial charge on any atom is -0.460 e. The number of phosphoric ester groups is 1. The van der Waals surface area contributed by atoms with E-state index in [1.807, 2.05) is 21.1 Å². The Hall–Kier alpha value is -0.460. The molecule has 0 saturated heterocycles. The number of phosphoric acid groups is 1. The highest BCUT2D eigenvalue weighted by atomic mass is 31.2. The zero-order valence-corrected chi connectivity index (χ0v) is 30.6. The first-order valence-corrected chi connectivity index (χ1v) is 19.6. The Bertz CT molecular complexity index is 1010. The van der Waals surface area contributed by atoms with Gasteiger partial charge >= 0.3 is 13.8 Å². The van der Waals surface area contributed by atoms with Crippen LogP contribution in [0.2, 0.25) is 0 Å². The molecule has 4 fully saturated rings. The van der Waals surface area contributed by atoms with Crippen molar-refractivity contribution in [2.75, 3.05) is 40.9 Å². The summed E-state index contributed by atoms with van der Waals surface area (Å²) in [5, 5.41) is 0. The number of nitrogens with zero attached hydrogens (tertiary/aromatic N) is 1. The molecule has 7 nitrogen and oxygen atoms in total. The van der Waals surface area contributed by atoms with Gasteiger partial charge in [0.2, 0.25) is 0 Å². The second-order valence-electron chi connectivity index (χ2n) is 17.2. The summed E-state index contributed by atoms with van der Waals surface area (Å²) < 4.78 is 29.4. The molecule has 4 saturated carbocycles. The predicted molar refractivity (Wildman–Crippen MR) is 177 cm³/mol. The molecular formula is C36H67NO6P+. The molecule has 0 radical (unpaired) electrons. The van der Waals surface area contributed by atoms with Gasteiger partial charge in [-0.3, -0.25) is 9.05 Å². The average molecular weight is 641 g/mol. The van der Waals surface area contributed by atoms with Crippen LogP contribution >= 0.6 is 7.82 Å². The molecule has 0 aliphatic heterocycles. The highest BCUT2D eigenvalue weighted by molar-refractivity contribution is 7.47. The lowest BCUT2D eigenvalue weighted by molar-refractivity contribution is -0.870. The van der Waals surface area contributed by atoms with E-state index in [-0.39, 0.29) is 18.1 Å². The number of quaternary nitrogens is 1. The third kappa shape index (κ3) is 7.97. The molecule has 0 aromatic heterocycles. The zero-order chi connectivity index (χ0) is 32.5. The van der Waals surface area contributed by atoms with Crippen molar-refractivity contribution in [3.63, 3.8) is 0 Å². The standard InChI is InChI=1S/C36H66NO6P/c1-10-27(25(2)3)15-14-26(4)30-18-19-31-29-17-16-28-12-11-13-33(36(28,6)32(29)20-21-35(30,31)5)43-34(38)24-42-44(39,40)41-23-22-37(7,8)9/h25-33H,10-24H2,1-9H3/p+1/t26-,27-,28?,29+,30-,31+,32+,33?,35-,36+/m1/s1. The summed E-state index contributed by atoms with van der Waals surface area (Å²) in [5.74, 6) is 5.28. The first-order valence-electron chi connectivity index (χ1n) is 18.1. The van der Waals surface area contributed by atoms with Crippen molar-refractivity contribution in [1.82, 2.24) is 0 Å². The summed E-state index contributed by atoms with van der Waals surface area (Å²) in [6.45, 7) is 14.8. The van der Waals surface area contributed by atoms with Crippen molar-refractivity contribution in [3.05, 3.63) is 0 Å². The van der Waals surface area contributed by atoms with Crippen LogP contribution in [0.25, 0.3) is 0 Å². The largest absolute Gasteiger partial charge is 0.472 e. The molecule has 11 atom stereocenters. The molecule has 256 valence electrons. The van der Waals surface area contributed by atoms with Crippen LogP contribution in [0.5, 0.6) is 0 Å². The molecule has 8 heteroatoms. The van der Waals surface area contributed by atoms with Crippen molar-refractivity contribution < 1.29 is 32.5 Å². The van der Waals surface area contributed by atoms with Crippen LogP contribution in [0.1, 0.15) is 119 Å². The van der Waals surface area contributed by atoms with Gasteiger partial charge in [-0.05, 0) is 117 Å². The molecule has 4 rings (SSSR count). The highest BCUT2D eigenvalue weighted by Crippen LogP contribution is 2.68. The van der Waals surface area contributed by atoms with Gasteiger partial charge < -0.3 is 14.1 Å². The van der Waals surface area contributed by atoms with E-state index in [0.29, 0.717) is 34.2 Å². The third-order valence-electron chi connectivity index (χ3n) is 13.5. The Balaban J connectivity index is 1.39. The fraction of sp³-hybridized carbons (Fsp3) is 0.972. The molecule has 0 aromatic rings. The number of carbonyl (C=O) groups excluding carboxylic acids is 1. The predicted octanol–water partition coefficient (Wildman–Crippen LogP) is 8.50. The topological polar surface area (TPSA) is 82.1 Å². The van der Waals surface area contributed by atoms with Crippen molar-refractivity contribution in [1.29, 1.82) is 0 Å². The number of ether oxygens (including phenoxy) is 1. The lowest BCUT2D eigenvalue weighted by Gasteiger charge is -2.62. The molecule has 0 amide bonds. The van der Waals surface area contributed by atoms with Gasteiger partial charge in [0.1, 0.15) is 19.3 Å². The quantitative estimate of drug-likeness (QED) is 0.117. The van der Waals surface area contributed by atoms with Gasteiger partial charge in [-0.25, -0.2) is 9.36 Å². The smallest absolute Gasteiger partial charge is 0.460 e. The maximum Gasteiger partial charge on any atom is 0.472 e. The lowest BCUT2D eigenvalue weighted by Crippen LogP contribution is -2.58. The summed E-state index contributed by atoms with van der Waals surface area (Å²) in [6.07, 6.45) is 14.8. The maximum atomic E-state index is 13.1. The third-order valence-corrected chi connectivity index (χ3v) is 14.5. The van der Waals surface area contributed by atoms with Crippen LogP contribution in [0.4, 0.5) is 0 Å². The molecule has 3 unspecified atom stereocenters. The van der Waals surface area contributed by atoms with Crippen molar-refractivity contribution in [3.8, 4) is 0 Å².